The van der Waals surface area contributed by atoms with Crippen LogP contribution in [0.4, 0.5) is 0 Å². The largest absolute Gasteiger partial charge is 0.507 e. The number of carbonyl (C=O) groups excluding carboxylic acids is 2. The summed E-state index contributed by atoms with van der Waals surface area (Å²) in [5, 5.41) is 13.1. The Balaban J connectivity index is 2.78. The van der Waals surface area contributed by atoms with Gasteiger partial charge in [0.15, 0.2) is 6.61 Å². The third-order valence-electron chi connectivity index (χ3n) is 4.05. The first-order valence-corrected chi connectivity index (χ1v) is 8.95. The van der Waals surface area contributed by atoms with Crippen molar-refractivity contribution in [2.45, 2.75) is 58.8 Å². The van der Waals surface area contributed by atoms with Gasteiger partial charge in [-0.1, -0.05) is 52.8 Å². The number of nitrogens with one attached hydrogen (secondary N) is 1. The van der Waals surface area contributed by atoms with Gasteiger partial charge >= 0.3 is 5.97 Å². The lowest BCUT2D eigenvalue weighted by atomic mass is 9.82. The van der Waals surface area contributed by atoms with Crippen LogP contribution in [0.15, 0.2) is 24.8 Å². The van der Waals surface area contributed by atoms with E-state index >= 15 is 0 Å². The molecule has 5 nitrogen and oxygen atoms in total. The molecule has 0 aliphatic rings. The second-order valence-corrected chi connectivity index (χ2v) is 7.74. The van der Waals surface area contributed by atoms with E-state index in [1.54, 1.807) is 6.08 Å². The predicted molar refractivity (Wildman–Crippen MR) is 103 cm³/mol. The van der Waals surface area contributed by atoms with Crippen molar-refractivity contribution in [3.63, 3.8) is 0 Å². The number of phenols is 1. The van der Waals surface area contributed by atoms with E-state index in [-0.39, 0.29) is 30.3 Å². The maximum atomic E-state index is 11.9. The Morgan fingerprint density at radius 2 is 1.96 bits per heavy atom. The normalized spacial score (nSPS) is 11.3. The van der Waals surface area contributed by atoms with Gasteiger partial charge in [-0.3, -0.25) is 9.59 Å². The van der Waals surface area contributed by atoms with E-state index in [0.29, 0.717) is 18.7 Å². The molecule has 0 bridgehead atoms. The lowest BCUT2D eigenvalue weighted by Gasteiger charge is -2.24. The van der Waals surface area contributed by atoms with Crippen LogP contribution in [-0.4, -0.2) is 30.1 Å². The highest BCUT2D eigenvalue weighted by molar-refractivity contribution is 5.80. The number of hydrogen-bond donors (Lipinski definition) is 2. The van der Waals surface area contributed by atoms with Gasteiger partial charge in [0.1, 0.15) is 5.75 Å². The molecule has 2 N–H and O–H groups in total. The molecule has 0 unspecified atom stereocenters. The number of hydrogen-bond acceptors (Lipinski definition) is 4. The number of ether oxygens (including phenoxy) is 1. The number of aryl methyl sites for hydroxylation is 1. The monoisotopic (exact) mass is 361 g/mol. The molecule has 0 fully saturated rings. The maximum Gasteiger partial charge on any atom is 0.306 e. The van der Waals surface area contributed by atoms with E-state index in [4.69, 9.17) is 4.74 Å². The van der Waals surface area contributed by atoms with E-state index < -0.39 is 5.97 Å². The summed E-state index contributed by atoms with van der Waals surface area (Å²) < 4.78 is 4.99. The second-order valence-electron chi connectivity index (χ2n) is 7.74. The van der Waals surface area contributed by atoms with Crippen molar-refractivity contribution in [1.82, 2.24) is 5.32 Å². The fraction of sp³-hybridized carbons (Fsp3) is 0.524. The van der Waals surface area contributed by atoms with Crippen molar-refractivity contribution in [3.05, 3.63) is 41.5 Å². The molecule has 26 heavy (non-hydrogen) atoms. The van der Waals surface area contributed by atoms with E-state index in [9.17, 15) is 14.7 Å². The van der Waals surface area contributed by atoms with Crippen LogP contribution in [0.25, 0.3) is 0 Å². The van der Waals surface area contributed by atoms with Gasteiger partial charge in [0.05, 0.1) is 0 Å². The fourth-order valence-corrected chi connectivity index (χ4v) is 2.58. The number of amides is 1. The number of rotatable bonds is 8. The molecule has 0 spiro atoms. The van der Waals surface area contributed by atoms with Crippen LogP contribution in [0.2, 0.25) is 0 Å². The van der Waals surface area contributed by atoms with Crippen LogP contribution in [0.5, 0.6) is 5.75 Å². The second kappa shape index (κ2) is 9.41. The molecular weight excluding hydrogens is 330 g/mol. The Kier molecular flexibility index (Phi) is 7.87. The highest BCUT2D eigenvalue weighted by Gasteiger charge is 2.22. The van der Waals surface area contributed by atoms with Gasteiger partial charge in [-0.05, 0) is 34.4 Å². The molecule has 0 saturated heterocycles. The first-order chi connectivity index (χ1) is 12.1. The number of benzene rings is 1. The standard InChI is InChI=1S/C21H31NO4/c1-7-10-22-18(23)13-26-19(24)9-8-15-11-16(14(2)3)20(25)17(12-15)21(4,5)6/h7,11-12,14,25H,1,8-10,13H2,2-6H3,(H,22,23). The molecule has 1 rings (SSSR count). The molecule has 0 heterocycles. The molecule has 144 valence electrons. The van der Waals surface area contributed by atoms with Gasteiger partial charge in [-0.25, -0.2) is 0 Å². The first kappa shape index (κ1) is 21.7. The van der Waals surface area contributed by atoms with Crippen LogP contribution in [-0.2, 0) is 26.2 Å². The first-order valence-electron chi connectivity index (χ1n) is 8.95. The van der Waals surface area contributed by atoms with E-state index in [2.05, 4.69) is 11.9 Å². The van der Waals surface area contributed by atoms with Gasteiger partial charge in [-0.2, -0.15) is 0 Å². The molecule has 0 aliphatic heterocycles. The quantitative estimate of drug-likeness (QED) is 0.548. The zero-order chi connectivity index (χ0) is 19.9. The molecule has 5 heteroatoms. The molecule has 0 radical (unpaired) electrons. The maximum absolute atomic E-state index is 11.9. The minimum absolute atomic E-state index is 0.177. The predicted octanol–water partition coefficient (Wildman–Crippen LogP) is 3.59. The van der Waals surface area contributed by atoms with Crippen LogP contribution in [0, 0.1) is 0 Å². The number of phenolic OH excluding ortho intramolecular Hbond substituents is 1. The summed E-state index contributed by atoms with van der Waals surface area (Å²) in [5.41, 5.74) is 2.53. The summed E-state index contributed by atoms with van der Waals surface area (Å²) in [6, 6.07) is 3.89. The van der Waals surface area contributed by atoms with Crippen LogP contribution in [0.3, 0.4) is 0 Å². The minimum atomic E-state index is -0.421. The zero-order valence-corrected chi connectivity index (χ0v) is 16.5. The van der Waals surface area contributed by atoms with Gasteiger partial charge in [0.25, 0.3) is 5.91 Å². The Hall–Kier alpha value is -2.30. The van der Waals surface area contributed by atoms with Crippen LogP contribution in [0.1, 0.15) is 63.6 Å². The molecular formula is C21H31NO4. The number of carbonyl (C=O) groups is 2. The summed E-state index contributed by atoms with van der Waals surface area (Å²) >= 11 is 0. The Bertz CT molecular complexity index is 657. The SMILES string of the molecule is C=CCNC(=O)COC(=O)CCc1cc(C(C)C)c(O)c(C(C)(C)C)c1. The smallest absolute Gasteiger partial charge is 0.306 e. The van der Waals surface area contributed by atoms with Gasteiger partial charge in [-0.15, -0.1) is 6.58 Å². The van der Waals surface area contributed by atoms with Crippen molar-refractivity contribution in [2.75, 3.05) is 13.2 Å². The molecule has 0 aromatic heterocycles. The fourth-order valence-electron chi connectivity index (χ4n) is 2.58. The Morgan fingerprint density at radius 3 is 2.50 bits per heavy atom. The van der Waals surface area contributed by atoms with E-state index in [1.807, 2.05) is 46.8 Å². The average molecular weight is 361 g/mol. The van der Waals surface area contributed by atoms with E-state index in [0.717, 1.165) is 16.7 Å². The summed E-state index contributed by atoms with van der Waals surface area (Å²) in [4.78, 5) is 23.3. The lowest BCUT2D eigenvalue weighted by molar-refractivity contribution is -0.148. The van der Waals surface area contributed by atoms with Crippen LogP contribution < -0.4 is 5.32 Å². The third kappa shape index (κ3) is 6.54. The minimum Gasteiger partial charge on any atom is -0.507 e. The third-order valence-corrected chi connectivity index (χ3v) is 4.05. The molecule has 0 saturated carbocycles. The summed E-state index contributed by atoms with van der Waals surface area (Å²) in [6.07, 6.45) is 2.24. The zero-order valence-electron chi connectivity index (χ0n) is 16.5. The highest BCUT2D eigenvalue weighted by atomic mass is 16.5. The highest BCUT2D eigenvalue weighted by Crippen LogP contribution is 2.37. The van der Waals surface area contributed by atoms with Crippen molar-refractivity contribution >= 4 is 11.9 Å². The van der Waals surface area contributed by atoms with Crippen molar-refractivity contribution in [3.8, 4) is 5.75 Å². The summed E-state index contributed by atoms with van der Waals surface area (Å²) in [5.74, 6) is -0.260. The summed E-state index contributed by atoms with van der Waals surface area (Å²) in [7, 11) is 0. The summed E-state index contributed by atoms with van der Waals surface area (Å²) in [6.45, 7) is 13.8. The molecule has 1 amide bonds. The Morgan fingerprint density at radius 1 is 1.31 bits per heavy atom. The van der Waals surface area contributed by atoms with E-state index in [1.165, 1.54) is 0 Å². The molecule has 1 aromatic rings. The van der Waals surface area contributed by atoms with Gasteiger partial charge in [0, 0.05) is 13.0 Å². The topological polar surface area (TPSA) is 75.6 Å². The molecule has 1 aromatic carbocycles. The van der Waals surface area contributed by atoms with Crippen LogP contribution >= 0.6 is 0 Å². The van der Waals surface area contributed by atoms with Gasteiger partial charge in [0.2, 0.25) is 0 Å². The Labute approximate surface area is 156 Å². The van der Waals surface area contributed by atoms with Crippen molar-refractivity contribution < 1.29 is 19.4 Å². The molecule has 0 aliphatic carbocycles. The number of aromatic hydroxyl groups is 1. The lowest BCUT2D eigenvalue weighted by Crippen LogP contribution is -2.28. The molecule has 0 atom stereocenters. The van der Waals surface area contributed by atoms with Crippen molar-refractivity contribution in [2.24, 2.45) is 0 Å². The van der Waals surface area contributed by atoms with Crippen molar-refractivity contribution in [1.29, 1.82) is 0 Å². The van der Waals surface area contributed by atoms with Gasteiger partial charge < -0.3 is 15.2 Å². The average Bonchev–Trinajstić information content (AvgIpc) is 2.55. The number of esters is 1.